The molecule has 2 aliphatic heterocycles. The van der Waals surface area contributed by atoms with Crippen molar-refractivity contribution < 1.29 is 14.3 Å². The largest absolute Gasteiger partial charge is 0.497 e. The first-order valence-electron chi connectivity index (χ1n) is 7.64. The average molecular weight is 302 g/mol. The number of nitrogens with one attached hydrogen (secondary N) is 1. The summed E-state index contributed by atoms with van der Waals surface area (Å²) >= 11 is 0. The molecule has 0 aliphatic carbocycles. The van der Waals surface area contributed by atoms with E-state index in [1.807, 2.05) is 6.07 Å². The fraction of sp³-hybridized carbons (Fsp3) is 0.471. The first-order chi connectivity index (χ1) is 10.7. The van der Waals surface area contributed by atoms with Gasteiger partial charge in [-0.05, 0) is 18.1 Å². The second-order valence-electron chi connectivity index (χ2n) is 5.67. The molecular formula is C17H22N2O3. The van der Waals surface area contributed by atoms with Crippen LogP contribution in [-0.4, -0.2) is 45.4 Å². The lowest BCUT2D eigenvalue weighted by molar-refractivity contribution is -0.126. The molecule has 0 radical (unpaired) electrons. The van der Waals surface area contributed by atoms with Gasteiger partial charge in [0.1, 0.15) is 5.75 Å². The third-order valence-electron chi connectivity index (χ3n) is 4.43. The molecule has 1 fully saturated rings. The molecule has 0 unspecified atom stereocenters. The Morgan fingerprint density at radius 3 is 3.23 bits per heavy atom. The summed E-state index contributed by atoms with van der Waals surface area (Å²) < 4.78 is 11.0. The number of hydrogen-bond acceptors (Lipinski definition) is 4. The molecule has 5 heteroatoms. The van der Waals surface area contributed by atoms with Crippen molar-refractivity contribution in [1.82, 2.24) is 5.32 Å². The van der Waals surface area contributed by atoms with Gasteiger partial charge in [0.05, 0.1) is 32.3 Å². The molecule has 0 saturated carbocycles. The highest BCUT2D eigenvalue weighted by Gasteiger charge is 2.40. The van der Waals surface area contributed by atoms with Crippen LogP contribution in [0.5, 0.6) is 5.75 Å². The molecule has 1 N–H and O–H groups in total. The smallest absolute Gasteiger partial charge is 0.225 e. The summed E-state index contributed by atoms with van der Waals surface area (Å²) in [6, 6.07) is 6.16. The van der Waals surface area contributed by atoms with E-state index in [0.29, 0.717) is 19.8 Å². The third kappa shape index (κ3) is 2.68. The van der Waals surface area contributed by atoms with E-state index in [9.17, 15) is 4.79 Å². The number of amides is 1. The predicted octanol–water partition coefficient (Wildman–Crippen LogP) is 1.37. The van der Waals surface area contributed by atoms with E-state index in [1.54, 1.807) is 13.2 Å². The quantitative estimate of drug-likeness (QED) is 0.854. The number of nitrogens with zero attached hydrogens (tertiary/aromatic N) is 1. The van der Waals surface area contributed by atoms with Crippen LogP contribution in [-0.2, 0) is 16.0 Å². The summed E-state index contributed by atoms with van der Waals surface area (Å²) in [6.45, 7) is 6.23. The van der Waals surface area contributed by atoms with Crippen molar-refractivity contribution in [2.24, 2.45) is 5.92 Å². The van der Waals surface area contributed by atoms with Crippen LogP contribution in [0, 0.1) is 5.92 Å². The monoisotopic (exact) mass is 302 g/mol. The molecule has 1 amide bonds. The minimum atomic E-state index is -0.0962. The molecule has 3 rings (SSSR count). The summed E-state index contributed by atoms with van der Waals surface area (Å²) in [5, 5.41) is 2.92. The fourth-order valence-electron chi connectivity index (χ4n) is 3.31. The summed E-state index contributed by atoms with van der Waals surface area (Å²) in [5.74, 6) is 0.821. The van der Waals surface area contributed by atoms with Crippen LogP contribution < -0.4 is 15.0 Å². The summed E-state index contributed by atoms with van der Waals surface area (Å²) in [5.41, 5.74) is 2.36. The van der Waals surface area contributed by atoms with Gasteiger partial charge in [-0.3, -0.25) is 4.79 Å². The highest BCUT2D eigenvalue weighted by molar-refractivity contribution is 5.82. The minimum absolute atomic E-state index is 0.0712. The van der Waals surface area contributed by atoms with Gasteiger partial charge in [-0.15, -0.1) is 6.58 Å². The van der Waals surface area contributed by atoms with E-state index < -0.39 is 0 Å². The number of ether oxygens (including phenoxy) is 2. The second-order valence-corrected chi connectivity index (χ2v) is 5.67. The Bertz CT molecular complexity index is 573. The van der Waals surface area contributed by atoms with E-state index >= 15 is 0 Å². The molecule has 118 valence electrons. The van der Waals surface area contributed by atoms with Crippen LogP contribution in [0.4, 0.5) is 5.69 Å². The zero-order valence-electron chi connectivity index (χ0n) is 12.9. The zero-order chi connectivity index (χ0) is 15.5. The maximum Gasteiger partial charge on any atom is 0.225 e. The Morgan fingerprint density at radius 2 is 2.45 bits per heavy atom. The number of methoxy groups -OCH3 is 1. The highest BCUT2D eigenvalue weighted by atomic mass is 16.5. The normalized spacial score (nSPS) is 23.2. The molecule has 1 aromatic rings. The Labute approximate surface area is 130 Å². The average Bonchev–Trinajstić information content (AvgIpc) is 2.58. The number of fused-ring (bicyclic) bond motifs is 3. The van der Waals surface area contributed by atoms with Crippen LogP contribution in [0.2, 0.25) is 0 Å². The van der Waals surface area contributed by atoms with Crippen molar-refractivity contribution >= 4 is 11.6 Å². The lowest BCUT2D eigenvalue weighted by Crippen LogP contribution is -2.56. The number of benzene rings is 1. The van der Waals surface area contributed by atoms with Crippen molar-refractivity contribution in [3.8, 4) is 5.75 Å². The minimum Gasteiger partial charge on any atom is -0.497 e. The molecule has 1 saturated heterocycles. The lowest BCUT2D eigenvalue weighted by Gasteiger charge is -2.45. The number of carbonyl (C=O) groups excluding carboxylic acids is 1. The molecule has 2 heterocycles. The summed E-state index contributed by atoms with van der Waals surface area (Å²) in [6.07, 6.45) is 2.43. The standard InChI is InChI=1S/C17H22N2O3/c1-3-6-18-17(20)14-9-12-4-5-13(21-2)10-15(12)19-7-8-22-11-16(14)19/h3-5,10,14,16H,1,6-9,11H2,2H3,(H,18,20)/t14-,16+/m0/s1. The van der Waals surface area contributed by atoms with Gasteiger partial charge >= 0.3 is 0 Å². The van der Waals surface area contributed by atoms with Crippen LogP contribution >= 0.6 is 0 Å². The van der Waals surface area contributed by atoms with Gasteiger partial charge < -0.3 is 19.7 Å². The van der Waals surface area contributed by atoms with Gasteiger partial charge in [-0.2, -0.15) is 0 Å². The van der Waals surface area contributed by atoms with E-state index in [4.69, 9.17) is 9.47 Å². The van der Waals surface area contributed by atoms with Gasteiger partial charge in [-0.25, -0.2) is 0 Å². The first kappa shape index (κ1) is 14.9. The van der Waals surface area contributed by atoms with Gasteiger partial charge in [-0.1, -0.05) is 12.1 Å². The molecular weight excluding hydrogens is 280 g/mol. The van der Waals surface area contributed by atoms with Crippen molar-refractivity contribution in [2.45, 2.75) is 12.5 Å². The molecule has 0 aromatic heterocycles. The van der Waals surface area contributed by atoms with E-state index in [1.165, 1.54) is 11.3 Å². The van der Waals surface area contributed by atoms with Gasteiger partial charge in [0, 0.05) is 24.8 Å². The molecule has 5 nitrogen and oxygen atoms in total. The Kier molecular flexibility index (Phi) is 4.34. The van der Waals surface area contributed by atoms with Crippen LogP contribution in [0.15, 0.2) is 30.9 Å². The van der Waals surface area contributed by atoms with E-state index in [0.717, 1.165) is 18.7 Å². The van der Waals surface area contributed by atoms with Gasteiger partial charge in [0.2, 0.25) is 5.91 Å². The molecule has 2 aliphatic rings. The van der Waals surface area contributed by atoms with Crippen molar-refractivity contribution in [2.75, 3.05) is 38.3 Å². The van der Waals surface area contributed by atoms with Crippen LogP contribution in [0.3, 0.4) is 0 Å². The number of anilines is 1. The fourth-order valence-corrected chi connectivity index (χ4v) is 3.31. The maximum atomic E-state index is 12.5. The van der Waals surface area contributed by atoms with Crippen molar-refractivity contribution in [1.29, 1.82) is 0 Å². The summed E-state index contributed by atoms with van der Waals surface area (Å²) in [7, 11) is 1.67. The molecule has 1 aromatic carbocycles. The molecule has 22 heavy (non-hydrogen) atoms. The Hall–Kier alpha value is -2.01. The van der Waals surface area contributed by atoms with Crippen LogP contribution in [0.1, 0.15) is 5.56 Å². The van der Waals surface area contributed by atoms with Crippen molar-refractivity contribution in [3.63, 3.8) is 0 Å². The number of hydrogen-bond donors (Lipinski definition) is 1. The summed E-state index contributed by atoms with van der Waals surface area (Å²) in [4.78, 5) is 14.8. The van der Waals surface area contributed by atoms with Gasteiger partial charge in [0.25, 0.3) is 0 Å². The first-order valence-corrected chi connectivity index (χ1v) is 7.64. The molecule has 0 bridgehead atoms. The number of carbonyl (C=O) groups is 1. The topological polar surface area (TPSA) is 50.8 Å². The third-order valence-corrected chi connectivity index (χ3v) is 4.43. The number of rotatable bonds is 4. The Balaban J connectivity index is 1.91. The predicted molar refractivity (Wildman–Crippen MR) is 85.3 cm³/mol. The van der Waals surface area contributed by atoms with E-state index in [2.05, 4.69) is 28.9 Å². The molecule has 0 spiro atoms. The van der Waals surface area contributed by atoms with E-state index in [-0.39, 0.29) is 17.9 Å². The van der Waals surface area contributed by atoms with Gasteiger partial charge in [0.15, 0.2) is 0 Å². The Morgan fingerprint density at radius 1 is 1.59 bits per heavy atom. The lowest BCUT2D eigenvalue weighted by atomic mass is 9.84. The molecule has 2 atom stereocenters. The highest BCUT2D eigenvalue weighted by Crippen LogP contribution is 2.37. The zero-order valence-corrected chi connectivity index (χ0v) is 12.9. The second kappa shape index (κ2) is 6.40. The SMILES string of the molecule is C=CCNC(=O)[C@H]1Cc2ccc(OC)cc2N2CCOC[C@H]12. The van der Waals surface area contributed by atoms with Crippen molar-refractivity contribution in [3.05, 3.63) is 36.4 Å². The number of morpholine rings is 1. The maximum absolute atomic E-state index is 12.5. The van der Waals surface area contributed by atoms with Crippen LogP contribution in [0.25, 0.3) is 0 Å².